The van der Waals surface area contributed by atoms with Crippen molar-refractivity contribution < 1.29 is 0 Å². The van der Waals surface area contributed by atoms with Crippen LogP contribution in [0.2, 0.25) is 0 Å². The molecule has 0 spiro atoms. The van der Waals surface area contributed by atoms with E-state index in [0.29, 0.717) is 12.1 Å². The number of nitrogens with zero attached hydrogens (tertiary/aromatic N) is 1. The van der Waals surface area contributed by atoms with Crippen molar-refractivity contribution in [3.05, 3.63) is 0 Å². The van der Waals surface area contributed by atoms with Crippen molar-refractivity contribution in [2.45, 2.75) is 63.1 Å². The van der Waals surface area contributed by atoms with Crippen LogP contribution in [0.25, 0.3) is 0 Å². The first-order valence-corrected chi connectivity index (χ1v) is 6.75. The molecule has 86 valence electrons. The molecule has 0 aromatic rings. The maximum atomic E-state index is 6.52. The lowest BCUT2D eigenvalue weighted by Gasteiger charge is -2.38. The molecule has 2 N–H and O–H groups in total. The molecule has 2 heteroatoms. The second kappa shape index (κ2) is 3.74. The molecule has 1 saturated heterocycles. The fraction of sp³-hybridized carbons (Fsp3) is 1.00. The summed E-state index contributed by atoms with van der Waals surface area (Å²) in [7, 11) is 2.31. The molecule has 2 nitrogen and oxygen atoms in total. The van der Waals surface area contributed by atoms with Gasteiger partial charge in [-0.3, -0.25) is 4.90 Å². The number of fused-ring (bicyclic) bond motifs is 2. The molecule has 3 rings (SSSR count). The van der Waals surface area contributed by atoms with E-state index in [2.05, 4.69) is 11.9 Å². The lowest BCUT2D eigenvalue weighted by atomic mass is 9.84. The van der Waals surface area contributed by atoms with Crippen LogP contribution in [0.5, 0.6) is 0 Å². The van der Waals surface area contributed by atoms with Gasteiger partial charge in [-0.15, -0.1) is 0 Å². The predicted molar refractivity (Wildman–Crippen MR) is 62.6 cm³/mol. The van der Waals surface area contributed by atoms with Gasteiger partial charge in [0.25, 0.3) is 0 Å². The topological polar surface area (TPSA) is 29.3 Å². The normalized spacial score (nSPS) is 44.0. The average molecular weight is 208 g/mol. The summed E-state index contributed by atoms with van der Waals surface area (Å²) in [5.74, 6) is 1.76. The molecule has 15 heavy (non-hydrogen) atoms. The van der Waals surface area contributed by atoms with Crippen molar-refractivity contribution >= 4 is 0 Å². The monoisotopic (exact) mass is 208 g/mol. The number of rotatable bonds is 2. The molecule has 0 aromatic heterocycles. The fourth-order valence-corrected chi connectivity index (χ4v) is 4.45. The number of piperidine rings is 1. The summed E-state index contributed by atoms with van der Waals surface area (Å²) in [6.07, 6.45) is 9.92. The van der Waals surface area contributed by atoms with Crippen LogP contribution < -0.4 is 5.73 Å². The van der Waals surface area contributed by atoms with Gasteiger partial charge in [0, 0.05) is 18.1 Å². The SMILES string of the molecule is CN1C2CCC(C2)C1C(N)C1CCCC1. The standard InChI is InChI=1S/C13H24N2/c1-15-11-7-6-10(8-11)13(15)12(14)9-4-2-3-5-9/h9-13H,2-8,14H2,1H3. The van der Waals surface area contributed by atoms with Crippen LogP contribution in [0.3, 0.4) is 0 Å². The fourth-order valence-electron chi connectivity index (χ4n) is 4.45. The molecule has 2 bridgehead atoms. The predicted octanol–water partition coefficient (Wildman–Crippen LogP) is 1.99. The largest absolute Gasteiger partial charge is 0.326 e. The van der Waals surface area contributed by atoms with Crippen molar-refractivity contribution in [2.24, 2.45) is 17.6 Å². The molecule has 1 aliphatic heterocycles. The highest BCUT2D eigenvalue weighted by molar-refractivity contribution is 5.03. The third kappa shape index (κ3) is 1.53. The minimum absolute atomic E-state index is 0.466. The Hall–Kier alpha value is -0.0800. The maximum absolute atomic E-state index is 6.52. The van der Waals surface area contributed by atoms with E-state index in [-0.39, 0.29) is 0 Å². The summed E-state index contributed by atoms with van der Waals surface area (Å²) in [4.78, 5) is 2.61. The first-order valence-electron chi connectivity index (χ1n) is 6.75. The van der Waals surface area contributed by atoms with E-state index in [4.69, 9.17) is 5.73 Å². The number of hydrogen-bond donors (Lipinski definition) is 1. The highest BCUT2D eigenvalue weighted by Crippen LogP contribution is 2.44. The third-order valence-electron chi connectivity index (χ3n) is 5.31. The zero-order valence-corrected chi connectivity index (χ0v) is 9.86. The third-order valence-corrected chi connectivity index (χ3v) is 5.31. The Balaban J connectivity index is 1.70. The minimum Gasteiger partial charge on any atom is -0.326 e. The van der Waals surface area contributed by atoms with Gasteiger partial charge < -0.3 is 5.73 Å². The van der Waals surface area contributed by atoms with Crippen molar-refractivity contribution in [3.63, 3.8) is 0 Å². The van der Waals surface area contributed by atoms with Gasteiger partial charge in [-0.25, -0.2) is 0 Å². The van der Waals surface area contributed by atoms with E-state index in [1.165, 1.54) is 44.9 Å². The Labute approximate surface area is 93.2 Å². The summed E-state index contributed by atoms with van der Waals surface area (Å²) < 4.78 is 0. The van der Waals surface area contributed by atoms with Crippen molar-refractivity contribution in [3.8, 4) is 0 Å². The minimum atomic E-state index is 0.466. The summed E-state index contributed by atoms with van der Waals surface area (Å²) in [6, 6.07) is 2.05. The highest BCUT2D eigenvalue weighted by atomic mass is 15.2. The zero-order valence-electron chi connectivity index (χ0n) is 9.86. The second-order valence-electron chi connectivity index (χ2n) is 6.00. The zero-order chi connectivity index (χ0) is 10.4. The number of likely N-dealkylation sites (N-methyl/N-ethyl adjacent to an activating group) is 1. The average Bonchev–Trinajstić information content (AvgIpc) is 2.93. The van der Waals surface area contributed by atoms with Crippen LogP contribution in [-0.2, 0) is 0 Å². The molecule has 4 unspecified atom stereocenters. The smallest absolute Gasteiger partial charge is 0.0278 e. The second-order valence-corrected chi connectivity index (χ2v) is 6.00. The molecular weight excluding hydrogens is 184 g/mol. The molecule has 3 fully saturated rings. The summed E-state index contributed by atoms with van der Waals surface area (Å²) in [5, 5.41) is 0. The first-order chi connectivity index (χ1) is 7.27. The molecular formula is C13H24N2. The Morgan fingerprint density at radius 3 is 2.47 bits per heavy atom. The van der Waals surface area contributed by atoms with Crippen LogP contribution in [0.1, 0.15) is 44.9 Å². The van der Waals surface area contributed by atoms with Gasteiger partial charge in [0.15, 0.2) is 0 Å². The van der Waals surface area contributed by atoms with E-state index < -0.39 is 0 Å². The van der Waals surface area contributed by atoms with E-state index >= 15 is 0 Å². The van der Waals surface area contributed by atoms with E-state index in [9.17, 15) is 0 Å². The van der Waals surface area contributed by atoms with Crippen molar-refractivity contribution in [1.82, 2.24) is 4.90 Å². The number of hydrogen-bond acceptors (Lipinski definition) is 2. The molecule has 3 aliphatic rings. The van der Waals surface area contributed by atoms with Gasteiger partial charge in [-0.05, 0) is 51.0 Å². The van der Waals surface area contributed by atoms with Gasteiger partial charge in [0.05, 0.1) is 0 Å². The van der Waals surface area contributed by atoms with Gasteiger partial charge in [-0.1, -0.05) is 12.8 Å². The summed E-state index contributed by atoms with van der Waals surface area (Å²) >= 11 is 0. The maximum Gasteiger partial charge on any atom is 0.0278 e. The van der Waals surface area contributed by atoms with Crippen molar-refractivity contribution in [1.29, 1.82) is 0 Å². The molecule has 4 atom stereocenters. The number of nitrogens with two attached hydrogens (primary N) is 1. The lowest BCUT2D eigenvalue weighted by molar-refractivity contribution is 0.128. The van der Waals surface area contributed by atoms with Crippen LogP contribution in [0.15, 0.2) is 0 Å². The molecule has 0 amide bonds. The Morgan fingerprint density at radius 1 is 1.13 bits per heavy atom. The van der Waals surface area contributed by atoms with Crippen LogP contribution >= 0.6 is 0 Å². The van der Waals surface area contributed by atoms with E-state index in [1.54, 1.807) is 0 Å². The number of likely N-dealkylation sites (tertiary alicyclic amines) is 1. The molecule has 1 heterocycles. The molecule has 0 aromatic carbocycles. The lowest BCUT2D eigenvalue weighted by Crippen LogP contribution is -2.52. The quantitative estimate of drug-likeness (QED) is 0.752. The first kappa shape index (κ1) is 10.1. The van der Waals surface area contributed by atoms with E-state index in [0.717, 1.165) is 17.9 Å². The van der Waals surface area contributed by atoms with E-state index in [1.807, 2.05) is 0 Å². The summed E-state index contributed by atoms with van der Waals surface area (Å²) in [6.45, 7) is 0. The molecule has 0 radical (unpaired) electrons. The van der Waals surface area contributed by atoms with Crippen molar-refractivity contribution in [2.75, 3.05) is 7.05 Å². The van der Waals surface area contributed by atoms with Gasteiger partial charge in [0.2, 0.25) is 0 Å². The van der Waals surface area contributed by atoms with Gasteiger partial charge >= 0.3 is 0 Å². The Bertz CT molecular complexity index is 233. The Kier molecular flexibility index (Phi) is 2.52. The molecule has 2 aliphatic carbocycles. The van der Waals surface area contributed by atoms with Crippen LogP contribution in [0, 0.1) is 11.8 Å². The van der Waals surface area contributed by atoms with Crippen LogP contribution in [0.4, 0.5) is 0 Å². The Morgan fingerprint density at radius 2 is 1.87 bits per heavy atom. The van der Waals surface area contributed by atoms with Gasteiger partial charge in [-0.2, -0.15) is 0 Å². The highest BCUT2D eigenvalue weighted by Gasteiger charge is 2.47. The van der Waals surface area contributed by atoms with Crippen LogP contribution in [-0.4, -0.2) is 30.1 Å². The molecule has 2 saturated carbocycles. The summed E-state index contributed by atoms with van der Waals surface area (Å²) in [5.41, 5.74) is 6.52. The van der Waals surface area contributed by atoms with Gasteiger partial charge in [0.1, 0.15) is 0 Å².